The molecular weight excluding hydrogens is 238 g/mol. The molecule has 0 unspecified atom stereocenters. The Morgan fingerprint density at radius 3 is 2.82 bits per heavy atom. The molecule has 3 N–H and O–H groups in total. The molecule has 6 heteroatoms. The summed E-state index contributed by atoms with van der Waals surface area (Å²) in [5.74, 6) is 0.142. The van der Waals surface area contributed by atoms with Crippen molar-refractivity contribution < 1.29 is 9.21 Å². The van der Waals surface area contributed by atoms with Crippen LogP contribution in [0.25, 0.3) is 0 Å². The second-order valence-corrected chi connectivity index (χ2v) is 4.18. The zero-order valence-corrected chi connectivity index (χ0v) is 9.74. The summed E-state index contributed by atoms with van der Waals surface area (Å²) >= 11 is 1.24. The van der Waals surface area contributed by atoms with Gasteiger partial charge in [-0.2, -0.15) is 0 Å². The number of rotatable bonds is 4. The van der Waals surface area contributed by atoms with Crippen molar-refractivity contribution in [3.8, 4) is 0 Å². The number of oxazole rings is 1. The minimum absolute atomic E-state index is 0.113. The Labute approximate surface area is 102 Å². The van der Waals surface area contributed by atoms with Gasteiger partial charge >= 0.3 is 0 Å². The van der Waals surface area contributed by atoms with Gasteiger partial charge < -0.3 is 15.5 Å². The van der Waals surface area contributed by atoms with Crippen LogP contribution in [0.4, 0.5) is 11.4 Å². The average Bonchev–Trinajstić information content (AvgIpc) is 2.83. The minimum atomic E-state index is -0.113. The highest BCUT2D eigenvalue weighted by Crippen LogP contribution is 2.16. The summed E-state index contributed by atoms with van der Waals surface area (Å²) in [5.41, 5.74) is 6.93. The molecule has 0 fully saturated rings. The van der Waals surface area contributed by atoms with E-state index in [2.05, 4.69) is 10.3 Å². The van der Waals surface area contributed by atoms with Crippen molar-refractivity contribution >= 4 is 29.0 Å². The van der Waals surface area contributed by atoms with Gasteiger partial charge in [-0.1, -0.05) is 11.8 Å². The number of aromatic nitrogens is 1. The molecular formula is C11H11N3O2S. The molecule has 0 saturated carbocycles. The van der Waals surface area contributed by atoms with E-state index in [1.54, 1.807) is 30.5 Å². The lowest BCUT2D eigenvalue weighted by atomic mass is 10.3. The molecule has 5 nitrogen and oxygen atoms in total. The molecule has 88 valence electrons. The number of hydrogen-bond donors (Lipinski definition) is 2. The highest BCUT2D eigenvalue weighted by Gasteiger charge is 2.05. The molecule has 17 heavy (non-hydrogen) atoms. The van der Waals surface area contributed by atoms with E-state index in [9.17, 15) is 4.79 Å². The average molecular weight is 249 g/mol. The fourth-order valence-electron chi connectivity index (χ4n) is 1.17. The molecule has 0 bridgehead atoms. The summed E-state index contributed by atoms with van der Waals surface area (Å²) in [7, 11) is 0. The lowest BCUT2D eigenvalue weighted by molar-refractivity contribution is -0.113. The van der Waals surface area contributed by atoms with Crippen LogP contribution in [0.3, 0.4) is 0 Å². The standard InChI is InChI=1S/C11H11N3O2S/c12-8-1-3-9(4-2-8)14-10(15)7-17-11-13-5-6-16-11/h1-6H,7,12H2,(H,14,15). The Hall–Kier alpha value is -1.95. The van der Waals surface area contributed by atoms with Crippen LogP contribution in [0.2, 0.25) is 0 Å². The van der Waals surface area contributed by atoms with Crippen molar-refractivity contribution in [2.45, 2.75) is 5.22 Å². The van der Waals surface area contributed by atoms with Crippen LogP contribution in [0, 0.1) is 0 Å². The van der Waals surface area contributed by atoms with Gasteiger partial charge in [0.2, 0.25) is 5.91 Å². The summed E-state index contributed by atoms with van der Waals surface area (Å²) in [6.45, 7) is 0. The monoisotopic (exact) mass is 249 g/mol. The fourth-order valence-corrected chi connectivity index (χ4v) is 1.76. The molecule has 0 atom stereocenters. The zero-order chi connectivity index (χ0) is 12.1. The van der Waals surface area contributed by atoms with Crippen LogP contribution in [0.15, 0.2) is 46.4 Å². The normalized spacial score (nSPS) is 10.1. The number of nitrogens with one attached hydrogen (secondary N) is 1. The number of carbonyl (C=O) groups excluding carboxylic acids is 1. The highest BCUT2D eigenvalue weighted by atomic mass is 32.2. The van der Waals surface area contributed by atoms with Crippen molar-refractivity contribution in [3.05, 3.63) is 36.7 Å². The molecule has 2 rings (SSSR count). The first kappa shape index (κ1) is 11.5. The molecule has 2 aromatic rings. The summed E-state index contributed by atoms with van der Waals surface area (Å²) in [4.78, 5) is 15.5. The maximum atomic E-state index is 11.6. The molecule has 1 aromatic carbocycles. The Bertz CT molecular complexity index is 482. The summed E-state index contributed by atoms with van der Waals surface area (Å²) in [6, 6.07) is 6.97. The van der Waals surface area contributed by atoms with Crippen molar-refractivity contribution in [1.82, 2.24) is 4.98 Å². The third-order valence-electron chi connectivity index (χ3n) is 1.93. The Kier molecular flexibility index (Phi) is 3.66. The van der Waals surface area contributed by atoms with E-state index in [0.29, 0.717) is 10.9 Å². The Morgan fingerprint density at radius 1 is 1.41 bits per heavy atom. The van der Waals surface area contributed by atoms with Crippen molar-refractivity contribution in [1.29, 1.82) is 0 Å². The third kappa shape index (κ3) is 3.53. The minimum Gasteiger partial charge on any atom is -0.440 e. The van der Waals surface area contributed by atoms with Gasteiger partial charge in [0, 0.05) is 11.4 Å². The topological polar surface area (TPSA) is 81.1 Å². The molecule has 0 spiro atoms. The van der Waals surface area contributed by atoms with Gasteiger partial charge in [-0.05, 0) is 24.3 Å². The van der Waals surface area contributed by atoms with E-state index in [0.717, 1.165) is 5.69 Å². The van der Waals surface area contributed by atoms with Gasteiger partial charge in [-0.25, -0.2) is 4.98 Å². The predicted molar refractivity (Wildman–Crippen MR) is 66.7 cm³/mol. The zero-order valence-electron chi connectivity index (χ0n) is 8.92. The maximum absolute atomic E-state index is 11.6. The third-order valence-corrected chi connectivity index (χ3v) is 2.79. The number of hydrogen-bond acceptors (Lipinski definition) is 5. The molecule has 0 saturated heterocycles. The molecule has 1 heterocycles. The van der Waals surface area contributed by atoms with Crippen LogP contribution in [0.1, 0.15) is 0 Å². The maximum Gasteiger partial charge on any atom is 0.256 e. The summed E-state index contributed by atoms with van der Waals surface area (Å²) in [6.07, 6.45) is 3.01. The number of carbonyl (C=O) groups is 1. The highest BCUT2D eigenvalue weighted by molar-refractivity contribution is 7.99. The first-order chi connectivity index (χ1) is 8.24. The van der Waals surface area contributed by atoms with E-state index in [1.165, 1.54) is 18.0 Å². The van der Waals surface area contributed by atoms with Crippen LogP contribution in [-0.2, 0) is 4.79 Å². The van der Waals surface area contributed by atoms with Gasteiger partial charge in [0.05, 0.1) is 11.9 Å². The lowest BCUT2D eigenvalue weighted by Gasteiger charge is -2.03. The Morgan fingerprint density at radius 2 is 2.18 bits per heavy atom. The number of nitrogens with two attached hydrogens (primary N) is 1. The summed E-state index contributed by atoms with van der Waals surface area (Å²) in [5, 5.41) is 3.23. The van der Waals surface area contributed by atoms with Gasteiger partial charge in [0.1, 0.15) is 6.26 Å². The second kappa shape index (κ2) is 5.40. The van der Waals surface area contributed by atoms with Crippen molar-refractivity contribution in [2.24, 2.45) is 0 Å². The molecule has 0 radical (unpaired) electrons. The number of thioether (sulfide) groups is 1. The van der Waals surface area contributed by atoms with Crippen molar-refractivity contribution in [2.75, 3.05) is 16.8 Å². The number of nitrogen functional groups attached to an aromatic ring is 1. The largest absolute Gasteiger partial charge is 0.440 e. The number of benzene rings is 1. The molecule has 0 aliphatic rings. The van der Waals surface area contributed by atoms with Crippen LogP contribution in [0.5, 0.6) is 0 Å². The number of amides is 1. The van der Waals surface area contributed by atoms with Gasteiger partial charge in [0.25, 0.3) is 5.22 Å². The van der Waals surface area contributed by atoms with Gasteiger partial charge in [0.15, 0.2) is 0 Å². The quantitative estimate of drug-likeness (QED) is 0.639. The van der Waals surface area contributed by atoms with E-state index in [-0.39, 0.29) is 11.7 Å². The first-order valence-electron chi connectivity index (χ1n) is 4.92. The van der Waals surface area contributed by atoms with E-state index in [1.807, 2.05) is 0 Å². The molecule has 0 aliphatic carbocycles. The Balaban J connectivity index is 1.83. The van der Waals surface area contributed by atoms with Crippen LogP contribution in [-0.4, -0.2) is 16.6 Å². The SMILES string of the molecule is Nc1ccc(NC(=O)CSc2ncco2)cc1. The predicted octanol–water partition coefficient (Wildman–Crippen LogP) is 1.99. The fraction of sp³-hybridized carbons (Fsp3) is 0.0909. The molecule has 0 aliphatic heterocycles. The molecule has 1 amide bonds. The van der Waals surface area contributed by atoms with Gasteiger partial charge in [-0.15, -0.1) is 0 Å². The van der Waals surface area contributed by atoms with E-state index in [4.69, 9.17) is 10.2 Å². The smallest absolute Gasteiger partial charge is 0.256 e. The lowest BCUT2D eigenvalue weighted by Crippen LogP contribution is -2.13. The number of nitrogens with zero attached hydrogens (tertiary/aromatic N) is 1. The van der Waals surface area contributed by atoms with Crippen LogP contribution < -0.4 is 11.1 Å². The van der Waals surface area contributed by atoms with Crippen molar-refractivity contribution in [3.63, 3.8) is 0 Å². The molecule has 1 aromatic heterocycles. The van der Waals surface area contributed by atoms with Crippen LogP contribution >= 0.6 is 11.8 Å². The second-order valence-electron chi connectivity index (χ2n) is 3.26. The van der Waals surface area contributed by atoms with E-state index >= 15 is 0 Å². The van der Waals surface area contributed by atoms with E-state index < -0.39 is 0 Å². The summed E-state index contributed by atoms with van der Waals surface area (Å²) < 4.78 is 5.01. The van der Waals surface area contributed by atoms with Gasteiger partial charge in [-0.3, -0.25) is 4.79 Å². The first-order valence-corrected chi connectivity index (χ1v) is 5.90. The number of anilines is 2.